The first-order valence-electron chi connectivity index (χ1n) is 3.90. The lowest BCUT2D eigenvalue weighted by molar-refractivity contribution is 0.624. The lowest BCUT2D eigenvalue weighted by Gasteiger charge is -2.21. The van der Waals surface area contributed by atoms with Gasteiger partial charge in [0.2, 0.25) is 0 Å². The van der Waals surface area contributed by atoms with Crippen LogP contribution in [0, 0.1) is 4.91 Å². The number of nitrogens with one attached hydrogen (secondary N) is 2. The van der Waals surface area contributed by atoms with Crippen molar-refractivity contribution < 1.29 is 0 Å². The molecule has 0 atom stereocenters. The second-order valence-electron chi connectivity index (χ2n) is 2.39. The molecule has 0 radical (unpaired) electrons. The summed E-state index contributed by atoms with van der Waals surface area (Å²) in [5.74, 6) is 0. The zero-order valence-corrected chi connectivity index (χ0v) is 7.61. The maximum Gasteiger partial charge on any atom is 0.108 e. The van der Waals surface area contributed by atoms with Gasteiger partial charge in [-0.3, -0.25) is 0 Å². The van der Waals surface area contributed by atoms with Gasteiger partial charge in [0, 0.05) is 14.1 Å². The van der Waals surface area contributed by atoms with E-state index in [0.717, 1.165) is 5.69 Å². The van der Waals surface area contributed by atoms with Crippen molar-refractivity contribution >= 4 is 11.4 Å². The zero-order chi connectivity index (χ0) is 9.68. The Bertz CT molecular complexity index is 268. The number of nitroso groups, excluding NO2 is 1. The Kier molecular flexibility index (Phi) is 3.36. The maximum absolute atomic E-state index is 10.1. The van der Waals surface area contributed by atoms with E-state index in [4.69, 9.17) is 0 Å². The van der Waals surface area contributed by atoms with Gasteiger partial charge in [0.1, 0.15) is 5.69 Å². The minimum absolute atomic E-state index is 0.427. The predicted octanol–water partition coefficient (Wildman–Crippen LogP) is 1.16. The minimum Gasteiger partial charge on any atom is -0.242 e. The fraction of sp³-hybridized carbons (Fsp3) is 0.250. The van der Waals surface area contributed by atoms with Gasteiger partial charge in [-0.1, -0.05) is 0 Å². The summed E-state index contributed by atoms with van der Waals surface area (Å²) in [6.45, 7) is 0. The van der Waals surface area contributed by atoms with Gasteiger partial charge in [0.15, 0.2) is 0 Å². The maximum atomic E-state index is 10.1. The number of hydrazine groups is 2. The molecule has 0 saturated heterocycles. The van der Waals surface area contributed by atoms with Crippen molar-refractivity contribution in [2.45, 2.75) is 0 Å². The molecule has 5 heteroatoms. The third-order valence-corrected chi connectivity index (χ3v) is 1.66. The van der Waals surface area contributed by atoms with Crippen molar-refractivity contribution in [2.75, 3.05) is 19.2 Å². The molecular weight excluding hydrogens is 168 g/mol. The molecule has 0 heterocycles. The standard InChI is InChI=1S/C8H12N4O/c1-9-12(10-2)8-5-3-7(11-13)4-6-8/h3-6,9-10H,1-2H3. The van der Waals surface area contributed by atoms with E-state index >= 15 is 0 Å². The molecular formula is C8H12N4O. The summed E-state index contributed by atoms with van der Waals surface area (Å²) < 4.78 is 0. The summed E-state index contributed by atoms with van der Waals surface area (Å²) in [5.41, 5.74) is 7.18. The van der Waals surface area contributed by atoms with Crippen molar-refractivity contribution in [2.24, 2.45) is 5.18 Å². The molecule has 0 aromatic heterocycles. The van der Waals surface area contributed by atoms with Crippen LogP contribution < -0.4 is 16.0 Å². The molecule has 0 aliphatic carbocycles. The third-order valence-electron chi connectivity index (χ3n) is 1.66. The first kappa shape index (κ1) is 9.63. The molecule has 0 aliphatic rings. The van der Waals surface area contributed by atoms with Crippen molar-refractivity contribution in [3.63, 3.8) is 0 Å². The Morgan fingerprint density at radius 2 is 1.69 bits per heavy atom. The normalized spacial score (nSPS) is 9.69. The van der Waals surface area contributed by atoms with Gasteiger partial charge in [-0.15, -0.1) is 4.91 Å². The summed E-state index contributed by atoms with van der Waals surface area (Å²) in [5, 5.41) is 4.53. The molecule has 1 aromatic rings. The highest BCUT2D eigenvalue weighted by molar-refractivity contribution is 5.51. The number of anilines is 1. The summed E-state index contributed by atoms with van der Waals surface area (Å²) in [6, 6.07) is 6.90. The van der Waals surface area contributed by atoms with E-state index in [9.17, 15) is 4.91 Å². The number of hydrogen-bond donors (Lipinski definition) is 2. The van der Waals surface area contributed by atoms with Gasteiger partial charge in [-0.05, 0) is 29.4 Å². The molecule has 0 bridgehead atoms. The molecule has 0 amide bonds. The average Bonchev–Trinajstić information content (AvgIpc) is 2.21. The molecule has 1 rings (SSSR count). The second kappa shape index (κ2) is 4.54. The van der Waals surface area contributed by atoms with Crippen molar-refractivity contribution in [1.82, 2.24) is 10.9 Å². The van der Waals surface area contributed by atoms with Crippen LogP contribution in [0.1, 0.15) is 0 Å². The Hall–Kier alpha value is -1.46. The SMILES string of the molecule is CNN(NC)c1ccc(N=O)cc1. The largest absolute Gasteiger partial charge is 0.242 e. The minimum atomic E-state index is 0.427. The van der Waals surface area contributed by atoms with Gasteiger partial charge in [-0.2, -0.15) is 0 Å². The molecule has 0 saturated carbocycles. The number of nitrogens with zero attached hydrogens (tertiary/aromatic N) is 2. The average molecular weight is 180 g/mol. The predicted molar refractivity (Wildman–Crippen MR) is 52.5 cm³/mol. The lowest BCUT2D eigenvalue weighted by atomic mass is 10.3. The van der Waals surface area contributed by atoms with Crippen LogP contribution >= 0.6 is 0 Å². The fourth-order valence-electron chi connectivity index (χ4n) is 1.03. The summed E-state index contributed by atoms with van der Waals surface area (Å²) in [4.78, 5) is 10.1. The second-order valence-corrected chi connectivity index (χ2v) is 2.39. The van der Waals surface area contributed by atoms with Crippen molar-refractivity contribution in [3.8, 4) is 0 Å². The Labute approximate surface area is 76.7 Å². The van der Waals surface area contributed by atoms with E-state index in [0.29, 0.717) is 5.69 Å². The molecule has 5 nitrogen and oxygen atoms in total. The first-order chi connectivity index (χ1) is 6.31. The van der Waals surface area contributed by atoms with E-state index in [1.165, 1.54) is 0 Å². The Morgan fingerprint density at radius 3 is 2.08 bits per heavy atom. The first-order valence-corrected chi connectivity index (χ1v) is 3.90. The van der Waals surface area contributed by atoms with Gasteiger partial charge in [0.25, 0.3) is 0 Å². The molecule has 0 spiro atoms. The smallest absolute Gasteiger partial charge is 0.108 e. The van der Waals surface area contributed by atoms with Crippen LogP contribution in [0.4, 0.5) is 11.4 Å². The molecule has 70 valence electrons. The topological polar surface area (TPSA) is 56.7 Å². The van der Waals surface area contributed by atoms with E-state index in [1.807, 2.05) is 0 Å². The highest BCUT2D eigenvalue weighted by atomic mass is 16.3. The number of hydrogen-bond acceptors (Lipinski definition) is 5. The molecule has 0 unspecified atom stereocenters. The highest BCUT2D eigenvalue weighted by Gasteiger charge is 2.00. The van der Waals surface area contributed by atoms with Crippen LogP contribution in [-0.4, -0.2) is 14.1 Å². The van der Waals surface area contributed by atoms with Crippen molar-refractivity contribution in [3.05, 3.63) is 29.2 Å². The lowest BCUT2D eigenvalue weighted by Crippen LogP contribution is -2.44. The van der Waals surface area contributed by atoms with Gasteiger partial charge in [-0.25, -0.2) is 16.0 Å². The van der Waals surface area contributed by atoms with E-state index in [-0.39, 0.29) is 0 Å². The van der Waals surface area contributed by atoms with E-state index in [1.54, 1.807) is 43.5 Å². The molecule has 2 N–H and O–H groups in total. The van der Waals surface area contributed by atoms with Crippen LogP contribution in [0.3, 0.4) is 0 Å². The number of benzene rings is 1. The van der Waals surface area contributed by atoms with E-state index < -0.39 is 0 Å². The monoisotopic (exact) mass is 180 g/mol. The highest BCUT2D eigenvalue weighted by Crippen LogP contribution is 2.16. The van der Waals surface area contributed by atoms with Crippen LogP contribution in [0.25, 0.3) is 0 Å². The van der Waals surface area contributed by atoms with Crippen LogP contribution in [0.15, 0.2) is 29.4 Å². The molecule has 0 aliphatic heterocycles. The third kappa shape index (κ3) is 2.24. The van der Waals surface area contributed by atoms with Crippen molar-refractivity contribution in [1.29, 1.82) is 0 Å². The fourth-order valence-corrected chi connectivity index (χ4v) is 1.03. The molecule has 1 aromatic carbocycles. The summed E-state index contributed by atoms with van der Waals surface area (Å²) in [6.07, 6.45) is 0. The van der Waals surface area contributed by atoms with Crippen LogP contribution in [-0.2, 0) is 0 Å². The summed E-state index contributed by atoms with van der Waals surface area (Å²) in [7, 11) is 3.59. The van der Waals surface area contributed by atoms with Gasteiger partial charge >= 0.3 is 0 Å². The summed E-state index contributed by atoms with van der Waals surface area (Å²) >= 11 is 0. The van der Waals surface area contributed by atoms with E-state index in [2.05, 4.69) is 16.0 Å². The van der Waals surface area contributed by atoms with Crippen LogP contribution in [0.5, 0.6) is 0 Å². The molecule has 13 heavy (non-hydrogen) atoms. The molecule has 0 fully saturated rings. The van der Waals surface area contributed by atoms with Gasteiger partial charge in [0.05, 0.1) is 5.69 Å². The Morgan fingerprint density at radius 1 is 1.15 bits per heavy atom. The van der Waals surface area contributed by atoms with Crippen LogP contribution in [0.2, 0.25) is 0 Å². The Balaban J connectivity index is 2.83. The quantitative estimate of drug-likeness (QED) is 0.539. The van der Waals surface area contributed by atoms with Gasteiger partial charge < -0.3 is 0 Å². The zero-order valence-electron chi connectivity index (χ0n) is 7.61. The number of rotatable bonds is 4.